The molecule has 0 aliphatic carbocycles. The minimum atomic E-state index is -0.494. The number of hydrogen-bond donors (Lipinski definition) is 0. The van der Waals surface area contributed by atoms with Gasteiger partial charge in [-0.3, -0.25) is 14.5 Å². The number of thioether (sulfide) groups is 1. The summed E-state index contributed by atoms with van der Waals surface area (Å²) in [5.41, 5.74) is 1.43. The maximum atomic E-state index is 12.7. The highest BCUT2D eigenvalue weighted by atomic mass is 35.5. The van der Waals surface area contributed by atoms with Gasteiger partial charge in [-0.25, -0.2) is 4.79 Å². The maximum Gasteiger partial charge on any atom is 0.344 e. The van der Waals surface area contributed by atoms with Crippen LogP contribution in [0.25, 0.3) is 6.08 Å². The molecule has 1 saturated heterocycles. The van der Waals surface area contributed by atoms with E-state index >= 15 is 0 Å². The molecule has 2 aromatic rings. The number of ether oxygens (including phenoxy) is 2. The first-order chi connectivity index (χ1) is 14.4. The zero-order valence-corrected chi connectivity index (χ0v) is 18.2. The molecule has 3 rings (SSSR count). The topological polar surface area (TPSA) is 72.9 Å². The van der Waals surface area contributed by atoms with Crippen LogP contribution in [0.15, 0.2) is 47.4 Å². The number of halogens is 2. The largest absolute Gasteiger partial charge is 0.480 e. The van der Waals surface area contributed by atoms with Crippen molar-refractivity contribution in [3.8, 4) is 5.75 Å². The lowest BCUT2D eigenvalue weighted by atomic mass is 10.2. The summed E-state index contributed by atoms with van der Waals surface area (Å²) in [5.74, 6) is -0.552. The molecular formula is C21H17Cl2NO5S. The second kappa shape index (κ2) is 10.0. The molecule has 0 aromatic heterocycles. The Morgan fingerprint density at radius 2 is 1.87 bits per heavy atom. The Hall–Kier alpha value is -2.48. The van der Waals surface area contributed by atoms with E-state index in [2.05, 4.69) is 0 Å². The van der Waals surface area contributed by atoms with Gasteiger partial charge in [-0.15, -0.1) is 0 Å². The molecule has 0 bridgehead atoms. The molecule has 0 N–H and O–H groups in total. The number of esters is 1. The zero-order valence-electron chi connectivity index (χ0n) is 15.9. The molecule has 156 valence electrons. The van der Waals surface area contributed by atoms with E-state index < -0.39 is 5.97 Å². The quantitative estimate of drug-likeness (QED) is 0.414. The maximum absolute atomic E-state index is 12.7. The number of rotatable bonds is 7. The fourth-order valence-electron chi connectivity index (χ4n) is 2.62. The monoisotopic (exact) mass is 465 g/mol. The van der Waals surface area contributed by atoms with Gasteiger partial charge in [0.25, 0.3) is 11.1 Å². The highest BCUT2D eigenvalue weighted by Crippen LogP contribution is 2.34. The molecule has 2 amide bonds. The number of nitrogens with zero attached hydrogens (tertiary/aromatic N) is 1. The Morgan fingerprint density at radius 1 is 1.13 bits per heavy atom. The van der Waals surface area contributed by atoms with Gasteiger partial charge in [0.15, 0.2) is 6.61 Å². The van der Waals surface area contributed by atoms with Gasteiger partial charge in [0.05, 0.1) is 23.1 Å². The van der Waals surface area contributed by atoms with Crippen LogP contribution in [0.2, 0.25) is 10.0 Å². The van der Waals surface area contributed by atoms with Crippen molar-refractivity contribution in [2.75, 3.05) is 13.2 Å². The van der Waals surface area contributed by atoms with Gasteiger partial charge in [-0.1, -0.05) is 41.4 Å². The van der Waals surface area contributed by atoms with Gasteiger partial charge in [-0.2, -0.15) is 0 Å². The molecule has 1 aliphatic rings. The van der Waals surface area contributed by atoms with Crippen LogP contribution in [-0.2, 0) is 20.9 Å². The standard InChI is InChI=1S/C21H17Cl2NO5S/c1-2-28-19(25)12-29-17-8-5-14(9-16(17)23)10-18-20(26)24(21(27)30-18)11-13-3-6-15(22)7-4-13/h3-10H,2,11-12H2,1H3/b18-10+. The van der Waals surface area contributed by atoms with E-state index in [0.717, 1.165) is 17.3 Å². The van der Waals surface area contributed by atoms with Crippen molar-refractivity contribution >= 4 is 58.2 Å². The third kappa shape index (κ3) is 5.56. The second-order valence-corrected chi connectivity index (χ2v) is 8.01. The van der Waals surface area contributed by atoms with Crippen LogP contribution in [0, 0.1) is 0 Å². The summed E-state index contributed by atoms with van der Waals surface area (Å²) < 4.78 is 10.1. The van der Waals surface area contributed by atoms with Crippen LogP contribution in [0.3, 0.4) is 0 Å². The van der Waals surface area contributed by atoms with Crippen molar-refractivity contribution in [2.24, 2.45) is 0 Å². The first-order valence-corrected chi connectivity index (χ1v) is 10.5. The van der Waals surface area contributed by atoms with Crippen molar-refractivity contribution in [1.82, 2.24) is 4.90 Å². The first-order valence-electron chi connectivity index (χ1n) is 8.95. The molecule has 9 heteroatoms. The predicted molar refractivity (Wildman–Crippen MR) is 117 cm³/mol. The molecule has 1 aliphatic heterocycles. The van der Waals surface area contributed by atoms with E-state index in [-0.39, 0.29) is 35.9 Å². The predicted octanol–water partition coefficient (Wildman–Crippen LogP) is 5.17. The van der Waals surface area contributed by atoms with Crippen molar-refractivity contribution in [1.29, 1.82) is 0 Å². The second-order valence-electron chi connectivity index (χ2n) is 6.18. The van der Waals surface area contributed by atoms with Crippen LogP contribution >= 0.6 is 35.0 Å². The van der Waals surface area contributed by atoms with E-state index in [0.29, 0.717) is 21.2 Å². The number of carbonyl (C=O) groups is 3. The molecule has 0 radical (unpaired) electrons. The van der Waals surface area contributed by atoms with Crippen LogP contribution < -0.4 is 4.74 Å². The Balaban J connectivity index is 1.69. The molecule has 2 aromatic carbocycles. The van der Waals surface area contributed by atoms with Crippen LogP contribution in [0.4, 0.5) is 4.79 Å². The number of carbonyl (C=O) groups excluding carboxylic acids is 3. The summed E-state index contributed by atoms with van der Waals surface area (Å²) in [6, 6.07) is 11.8. The fraction of sp³-hybridized carbons (Fsp3) is 0.190. The summed E-state index contributed by atoms with van der Waals surface area (Å²) in [7, 11) is 0. The molecule has 6 nitrogen and oxygen atoms in total. The molecule has 0 spiro atoms. The van der Waals surface area contributed by atoms with Gasteiger partial charge in [-0.05, 0) is 60.2 Å². The number of amides is 2. The molecular weight excluding hydrogens is 449 g/mol. The van der Waals surface area contributed by atoms with Crippen molar-refractivity contribution in [2.45, 2.75) is 13.5 Å². The van der Waals surface area contributed by atoms with Gasteiger partial charge in [0.2, 0.25) is 0 Å². The highest BCUT2D eigenvalue weighted by molar-refractivity contribution is 8.18. The molecule has 30 heavy (non-hydrogen) atoms. The summed E-state index contributed by atoms with van der Waals surface area (Å²) >= 11 is 12.9. The van der Waals surface area contributed by atoms with E-state index in [1.807, 2.05) is 0 Å². The average Bonchev–Trinajstić information content (AvgIpc) is 2.96. The minimum Gasteiger partial charge on any atom is -0.480 e. The van der Waals surface area contributed by atoms with E-state index in [1.165, 1.54) is 4.90 Å². The molecule has 0 atom stereocenters. The summed E-state index contributed by atoms with van der Waals surface area (Å²) in [5, 5.41) is 0.509. The first kappa shape index (κ1) is 22.2. The fourth-order valence-corrected chi connectivity index (χ4v) is 3.83. The summed E-state index contributed by atoms with van der Waals surface area (Å²) in [4.78, 5) is 37.8. The highest BCUT2D eigenvalue weighted by Gasteiger charge is 2.35. The SMILES string of the molecule is CCOC(=O)COc1ccc(/C=C2/SC(=O)N(Cc3ccc(Cl)cc3)C2=O)cc1Cl. The normalized spacial score (nSPS) is 15.0. The van der Waals surface area contributed by atoms with Gasteiger partial charge >= 0.3 is 5.97 Å². The van der Waals surface area contributed by atoms with Crippen LogP contribution in [-0.4, -0.2) is 35.2 Å². The summed E-state index contributed by atoms with van der Waals surface area (Å²) in [6.45, 7) is 1.88. The minimum absolute atomic E-state index is 0.167. The number of benzene rings is 2. The van der Waals surface area contributed by atoms with E-state index in [4.69, 9.17) is 32.7 Å². The van der Waals surface area contributed by atoms with Crippen molar-refractivity contribution < 1.29 is 23.9 Å². The van der Waals surface area contributed by atoms with Crippen LogP contribution in [0.5, 0.6) is 5.75 Å². The third-order valence-corrected chi connectivity index (χ3v) is 5.49. The lowest BCUT2D eigenvalue weighted by Crippen LogP contribution is -2.27. The molecule has 0 saturated carbocycles. The van der Waals surface area contributed by atoms with E-state index in [9.17, 15) is 14.4 Å². The molecule has 1 heterocycles. The number of hydrogen-bond acceptors (Lipinski definition) is 6. The Morgan fingerprint density at radius 3 is 2.53 bits per heavy atom. The van der Waals surface area contributed by atoms with Crippen molar-refractivity contribution in [3.05, 3.63) is 68.5 Å². The lowest BCUT2D eigenvalue weighted by molar-refractivity contribution is -0.145. The smallest absolute Gasteiger partial charge is 0.344 e. The molecule has 1 fully saturated rings. The van der Waals surface area contributed by atoms with Crippen molar-refractivity contribution in [3.63, 3.8) is 0 Å². The Bertz CT molecular complexity index is 1010. The zero-order chi connectivity index (χ0) is 21.7. The van der Waals surface area contributed by atoms with Crippen LogP contribution in [0.1, 0.15) is 18.1 Å². The van der Waals surface area contributed by atoms with E-state index in [1.54, 1.807) is 55.5 Å². The summed E-state index contributed by atoms with van der Waals surface area (Å²) in [6.07, 6.45) is 1.59. The van der Waals surface area contributed by atoms with Gasteiger partial charge in [0, 0.05) is 5.02 Å². The third-order valence-electron chi connectivity index (χ3n) is 4.03. The Labute approximate surface area is 187 Å². The number of imide groups is 1. The Kier molecular flexibility index (Phi) is 7.42. The van der Waals surface area contributed by atoms with Gasteiger partial charge in [0.1, 0.15) is 5.75 Å². The average molecular weight is 466 g/mol. The van der Waals surface area contributed by atoms with Gasteiger partial charge < -0.3 is 9.47 Å². The lowest BCUT2D eigenvalue weighted by Gasteiger charge is -2.12. The molecule has 0 unspecified atom stereocenters.